The molecule has 0 fully saturated rings. The summed E-state index contributed by atoms with van der Waals surface area (Å²) < 4.78 is 7.78. The second kappa shape index (κ2) is 10.7. The molecule has 40 heavy (non-hydrogen) atoms. The van der Waals surface area contributed by atoms with E-state index in [1.165, 1.54) is 0 Å². The first-order valence-corrected chi connectivity index (χ1v) is 13.3. The summed E-state index contributed by atoms with van der Waals surface area (Å²) >= 11 is 3.51. The molecule has 0 saturated carbocycles. The fourth-order valence-corrected chi connectivity index (χ4v) is 4.82. The highest BCUT2D eigenvalue weighted by atomic mass is 79.9. The number of para-hydroxylation sites is 1. The van der Waals surface area contributed by atoms with Gasteiger partial charge >= 0.3 is 0 Å². The minimum absolute atomic E-state index is 0.142. The summed E-state index contributed by atoms with van der Waals surface area (Å²) in [6.45, 7) is 2.17. The van der Waals surface area contributed by atoms with Crippen molar-refractivity contribution in [3.8, 4) is 28.3 Å². The van der Waals surface area contributed by atoms with Crippen LogP contribution < -0.4 is 10.6 Å². The van der Waals surface area contributed by atoms with Crippen molar-refractivity contribution in [3.05, 3.63) is 112 Å². The molecule has 3 aromatic heterocycles. The highest BCUT2D eigenvalue weighted by Gasteiger charge is 2.22. The van der Waals surface area contributed by atoms with Gasteiger partial charge < -0.3 is 20.3 Å². The van der Waals surface area contributed by atoms with Gasteiger partial charge in [-0.25, -0.2) is 4.98 Å². The Morgan fingerprint density at radius 2 is 1.82 bits per heavy atom. The fourth-order valence-electron chi connectivity index (χ4n) is 4.47. The van der Waals surface area contributed by atoms with Gasteiger partial charge in [-0.05, 0) is 52.7 Å². The van der Waals surface area contributed by atoms with Gasteiger partial charge in [-0.1, -0.05) is 59.8 Å². The number of phenolic OH excluding ortho intramolecular Hbond substituents is 1. The molecule has 3 N–H and O–H groups in total. The number of anilines is 2. The number of fused-ring (bicyclic) bond motifs is 1. The molecule has 0 aliphatic heterocycles. The van der Waals surface area contributed by atoms with Crippen LogP contribution in [0.25, 0.3) is 28.2 Å². The highest BCUT2D eigenvalue weighted by Crippen LogP contribution is 2.31. The van der Waals surface area contributed by atoms with Crippen LogP contribution in [-0.2, 0) is 6.54 Å². The maximum absolute atomic E-state index is 13.3. The summed E-state index contributed by atoms with van der Waals surface area (Å²) in [5, 5.41) is 25.3. The van der Waals surface area contributed by atoms with Crippen LogP contribution in [0, 0.1) is 6.92 Å². The average Bonchev–Trinajstić information content (AvgIpc) is 3.55. The van der Waals surface area contributed by atoms with E-state index in [1.54, 1.807) is 29.8 Å². The smallest absolute Gasteiger partial charge is 0.261 e. The van der Waals surface area contributed by atoms with Crippen LogP contribution in [0.4, 0.5) is 11.5 Å². The maximum atomic E-state index is 13.3. The summed E-state index contributed by atoms with van der Waals surface area (Å²) in [7, 11) is 0. The van der Waals surface area contributed by atoms with Gasteiger partial charge in [0.05, 0.1) is 16.4 Å². The van der Waals surface area contributed by atoms with E-state index < -0.39 is 0 Å². The zero-order valence-electron chi connectivity index (χ0n) is 21.3. The molecule has 0 unspecified atom stereocenters. The highest BCUT2D eigenvalue weighted by molar-refractivity contribution is 9.10. The lowest BCUT2D eigenvalue weighted by Crippen LogP contribution is -2.14. The minimum Gasteiger partial charge on any atom is -0.507 e. The molecule has 6 rings (SSSR count). The van der Waals surface area contributed by atoms with Gasteiger partial charge in [0, 0.05) is 29.4 Å². The lowest BCUT2D eigenvalue weighted by atomic mass is 10.1. The normalized spacial score (nSPS) is 11.1. The predicted octanol–water partition coefficient (Wildman–Crippen LogP) is 6.69. The number of aryl methyl sites for hydroxylation is 1. The topological polar surface area (TPSA) is 118 Å². The van der Waals surface area contributed by atoms with E-state index in [0.29, 0.717) is 52.0 Å². The number of halogens is 1. The molecule has 0 spiro atoms. The van der Waals surface area contributed by atoms with E-state index in [2.05, 4.69) is 41.8 Å². The van der Waals surface area contributed by atoms with E-state index in [4.69, 9.17) is 4.52 Å². The third-order valence-electron chi connectivity index (χ3n) is 6.40. The molecule has 0 saturated heterocycles. The zero-order valence-corrected chi connectivity index (χ0v) is 22.9. The van der Waals surface area contributed by atoms with Gasteiger partial charge in [0.2, 0.25) is 0 Å². The molecule has 1 amide bonds. The van der Waals surface area contributed by atoms with Crippen molar-refractivity contribution >= 4 is 39.0 Å². The Hall–Kier alpha value is -4.96. The summed E-state index contributed by atoms with van der Waals surface area (Å²) in [5.41, 5.74) is 5.11. The second-order valence-corrected chi connectivity index (χ2v) is 9.96. The standard InChI is InChI=1S/C30H23BrN6O3/c1-18-27(28(36-40-18)20-9-3-2-4-10-20)30(39)34-21-11-7-8-19(14-21)16-32-26-15-24(22-12-5-6-13-25(22)38)35-29-23(31)17-33-37(26)29/h2-15,17,32,38H,16H2,1H3,(H,34,39). The van der Waals surface area contributed by atoms with Crippen LogP contribution >= 0.6 is 15.9 Å². The van der Waals surface area contributed by atoms with Crippen molar-refractivity contribution in [2.75, 3.05) is 10.6 Å². The number of hydrogen-bond acceptors (Lipinski definition) is 7. The Balaban J connectivity index is 1.24. The first-order valence-electron chi connectivity index (χ1n) is 12.5. The van der Waals surface area contributed by atoms with Crippen molar-refractivity contribution in [1.29, 1.82) is 0 Å². The molecule has 9 nitrogen and oxygen atoms in total. The van der Waals surface area contributed by atoms with E-state index in [1.807, 2.05) is 72.8 Å². The Morgan fingerprint density at radius 3 is 2.65 bits per heavy atom. The molecule has 0 radical (unpaired) electrons. The van der Waals surface area contributed by atoms with Crippen LogP contribution in [0.1, 0.15) is 21.7 Å². The van der Waals surface area contributed by atoms with Crippen LogP contribution in [0.2, 0.25) is 0 Å². The van der Waals surface area contributed by atoms with Gasteiger partial charge in [-0.3, -0.25) is 4.79 Å². The van der Waals surface area contributed by atoms with Gasteiger partial charge in [0.1, 0.15) is 28.6 Å². The lowest BCUT2D eigenvalue weighted by molar-refractivity contribution is 0.102. The number of amides is 1. The molecule has 0 atom stereocenters. The molecule has 0 aliphatic rings. The van der Waals surface area contributed by atoms with Crippen molar-refractivity contribution < 1.29 is 14.4 Å². The molecule has 198 valence electrons. The number of rotatable bonds is 7. The molecule has 3 aromatic carbocycles. The van der Waals surface area contributed by atoms with Crippen molar-refractivity contribution in [1.82, 2.24) is 19.8 Å². The number of carbonyl (C=O) groups excluding carboxylic acids is 1. The lowest BCUT2D eigenvalue weighted by Gasteiger charge is -2.13. The molecule has 6 aromatic rings. The number of nitrogens with zero attached hydrogens (tertiary/aromatic N) is 4. The van der Waals surface area contributed by atoms with Crippen LogP contribution in [0.15, 0.2) is 100 Å². The predicted molar refractivity (Wildman–Crippen MR) is 156 cm³/mol. The summed E-state index contributed by atoms with van der Waals surface area (Å²) in [5.74, 6) is 0.979. The number of hydrogen-bond donors (Lipinski definition) is 3. The molecule has 0 bridgehead atoms. The molecule has 10 heteroatoms. The minimum atomic E-state index is -0.299. The average molecular weight is 595 g/mol. The number of phenols is 1. The zero-order chi connectivity index (χ0) is 27.6. The van der Waals surface area contributed by atoms with Crippen molar-refractivity contribution in [3.63, 3.8) is 0 Å². The second-order valence-electron chi connectivity index (χ2n) is 9.11. The fraction of sp³-hybridized carbons (Fsp3) is 0.0667. The summed E-state index contributed by atoms with van der Waals surface area (Å²) in [4.78, 5) is 17.9. The van der Waals surface area contributed by atoms with Crippen molar-refractivity contribution in [2.24, 2.45) is 0 Å². The molecular formula is C30H23BrN6O3. The third-order valence-corrected chi connectivity index (χ3v) is 6.96. The Labute approximate surface area is 237 Å². The summed E-state index contributed by atoms with van der Waals surface area (Å²) in [6, 6.07) is 25.9. The molecule has 3 heterocycles. The maximum Gasteiger partial charge on any atom is 0.261 e. The number of benzene rings is 3. The number of aromatic nitrogens is 4. The Morgan fingerprint density at radius 1 is 1.02 bits per heavy atom. The van der Waals surface area contributed by atoms with Gasteiger partial charge in [-0.15, -0.1) is 0 Å². The van der Waals surface area contributed by atoms with E-state index in [9.17, 15) is 9.90 Å². The monoisotopic (exact) mass is 594 g/mol. The Bertz CT molecular complexity index is 1850. The number of aromatic hydroxyl groups is 1. The van der Waals surface area contributed by atoms with Crippen LogP contribution in [-0.4, -0.2) is 30.8 Å². The van der Waals surface area contributed by atoms with Gasteiger partial charge in [0.15, 0.2) is 5.65 Å². The largest absolute Gasteiger partial charge is 0.507 e. The molecule has 0 aliphatic carbocycles. The van der Waals surface area contributed by atoms with E-state index in [-0.39, 0.29) is 11.7 Å². The van der Waals surface area contributed by atoms with E-state index >= 15 is 0 Å². The first-order chi connectivity index (χ1) is 19.5. The van der Waals surface area contributed by atoms with Crippen LogP contribution in [0.5, 0.6) is 5.75 Å². The number of carbonyl (C=O) groups is 1. The Kier molecular flexibility index (Phi) is 6.75. The van der Waals surface area contributed by atoms with Gasteiger partial charge in [-0.2, -0.15) is 9.61 Å². The first kappa shape index (κ1) is 25.3. The van der Waals surface area contributed by atoms with Gasteiger partial charge in [0.25, 0.3) is 5.91 Å². The molecular weight excluding hydrogens is 572 g/mol. The SMILES string of the molecule is Cc1onc(-c2ccccc2)c1C(=O)Nc1cccc(CNc2cc(-c3ccccc3O)nc3c(Br)cnn23)c1. The number of nitrogens with one attached hydrogen (secondary N) is 2. The third kappa shape index (κ3) is 4.92. The van der Waals surface area contributed by atoms with Crippen LogP contribution in [0.3, 0.4) is 0 Å². The van der Waals surface area contributed by atoms with E-state index in [0.717, 1.165) is 15.6 Å². The summed E-state index contributed by atoms with van der Waals surface area (Å²) in [6.07, 6.45) is 1.68. The van der Waals surface area contributed by atoms with Crippen molar-refractivity contribution in [2.45, 2.75) is 13.5 Å². The quantitative estimate of drug-likeness (QED) is 0.188.